The number of nitrogens with two attached hydrogens (primary N) is 1. The van der Waals surface area contributed by atoms with Gasteiger partial charge in [0.15, 0.2) is 0 Å². The number of benzene rings is 1. The lowest BCUT2D eigenvalue weighted by atomic mass is 10.2. The van der Waals surface area contributed by atoms with Gasteiger partial charge in [0.1, 0.15) is 12.4 Å². The van der Waals surface area contributed by atoms with Crippen molar-refractivity contribution in [1.29, 1.82) is 0 Å². The molecular formula is C10H14BrNO. The number of halogens is 1. The summed E-state index contributed by atoms with van der Waals surface area (Å²) in [5, 5.41) is 0. The third kappa shape index (κ3) is 3.79. The molecule has 0 amide bonds. The topological polar surface area (TPSA) is 35.2 Å². The number of rotatable bonds is 4. The normalized spacial score (nSPS) is 12.5. The smallest absolute Gasteiger partial charge is 0.119 e. The van der Waals surface area contributed by atoms with Crippen molar-refractivity contribution in [3.8, 4) is 5.75 Å². The van der Waals surface area contributed by atoms with Crippen LogP contribution in [0.4, 0.5) is 0 Å². The van der Waals surface area contributed by atoms with Gasteiger partial charge in [0, 0.05) is 10.5 Å². The van der Waals surface area contributed by atoms with Crippen LogP contribution in [0.2, 0.25) is 0 Å². The summed E-state index contributed by atoms with van der Waals surface area (Å²) >= 11 is 3.36. The van der Waals surface area contributed by atoms with E-state index in [0.29, 0.717) is 6.61 Å². The molecule has 1 aromatic carbocycles. The lowest BCUT2D eigenvalue weighted by molar-refractivity contribution is 0.285. The van der Waals surface area contributed by atoms with Crippen LogP contribution in [0.3, 0.4) is 0 Å². The molecule has 0 aliphatic rings. The molecule has 0 spiro atoms. The molecule has 1 atom stereocenters. The van der Waals surface area contributed by atoms with Gasteiger partial charge in [-0.2, -0.15) is 0 Å². The predicted molar refractivity (Wildman–Crippen MR) is 57.9 cm³/mol. The second-order valence-corrected chi connectivity index (χ2v) is 3.85. The molecule has 2 nitrogen and oxygen atoms in total. The van der Waals surface area contributed by atoms with E-state index in [1.165, 1.54) is 0 Å². The molecule has 0 saturated heterocycles. The number of hydrogen-bond acceptors (Lipinski definition) is 2. The SMILES string of the molecule is CCC(N)COc1ccc(Br)cc1. The van der Waals surface area contributed by atoms with Crippen LogP contribution < -0.4 is 10.5 Å². The van der Waals surface area contributed by atoms with Gasteiger partial charge in [-0.1, -0.05) is 22.9 Å². The Hall–Kier alpha value is -0.540. The second-order valence-electron chi connectivity index (χ2n) is 2.93. The molecule has 0 aromatic heterocycles. The van der Waals surface area contributed by atoms with Crippen LogP contribution in [-0.2, 0) is 0 Å². The highest BCUT2D eigenvalue weighted by Crippen LogP contribution is 2.16. The van der Waals surface area contributed by atoms with Gasteiger partial charge in [0.25, 0.3) is 0 Å². The third-order valence-electron chi connectivity index (χ3n) is 1.80. The van der Waals surface area contributed by atoms with E-state index < -0.39 is 0 Å². The minimum atomic E-state index is 0.128. The Kier molecular flexibility index (Phi) is 4.25. The van der Waals surface area contributed by atoms with Crippen molar-refractivity contribution in [2.24, 2.45) is 5.73 Å². The maximum absolute atomic E-state index is 5.72. The highest BCUT2D eigenvalue weighted by Gasteiger charge is 1.99. The fourth-order valence-corrected chi connectivity index (χ4v) is 1.12. The summed E-state index contributed by atoms with van der Waals surface area (Å²) in [6.07, 6.45) is 0.941. The summed E-state index contributed by atoms with van der Waals surface area (Å²) < 4.78 is 6.52. The Morgan fingerprint density at radius 2 is 2.00 bits per heavy atom. The van der Waals surface area contributed by atoms with E-state index in [1.807, 2.05) is 24.3 Å². The van der Waals surface area contributed by atoms with E-state index in [4.69, 9.17) is 10.5 Å². The van der Waals surface area contributed by atoms with Crippen LogP contribution in [0.15, 0.2) is 28.7 Å². The molecule has 0 aliphatic heterocycles. The Morgan fingerprint density at radius 1 is 1.38 bits per heavy atom. The van der Waals surface area contributed by atoms with Crippen LogP contribution in [0, 0.1) is 0 Å². The van der Waals surface area contributed by atoms with E-state index in [9.17, 15) is 0 Å². The first kappa shape index (κ1) is 10.5. The fourth-order valence-electron chi connectivity index (χ4n) is 0.852. The van der Waals surface area contributed by atoms with Crippen molar-refractivity contribution in [3.05, 3.63) is 28.7 Å². The van der Waals surface area contributed by atoms with Gasteiger partial charge in [-0.3, -0.25) is 0 Å². The summed E-state index contributed by atoms with van der Waals surface area (Å²) in [6.45, 7) is 2.63. The molecule has 13 heavy (non-hydrogen) atoms. The average molecular weight is 244 g/mol. The molecule has 72 valence electrons. The van der Waals surface area contributed by atoms with Crippen molar-refractivity contribution < 1.29 is 4.74 Å². The molecule has 0 saturated carbocycles. The molecule has 0 radical (unpaired) electrons. The first-order valence-corrected chi connectivity index (χ1v) is 5.15. The van der Waals surface area contributed by atoms with Crippen LogP contribution in [0.25, 0.3) is 0 Å². The Labute approximate surface area is 87.2 Å². The second kappa shape index (κ2) is 5.25. The first-order chi connectivity index (χ1) is 6.22. The fraction of sp³-hybridized carbons (Fsp3) is 0.400. The summed E-state index contributed by atoms with van der Waals surface area (Å²) in [6, 6.07) is 7.88. The molecule has 0 aliphatic carbocycles. The largest absolute Gasteiger partial charge is 0.492 e. The third-order valence-corrected chi connectivity index (χ3v) is 2.33. The number of ether oxygens (including phenoxy) is 1. The zero-order chi connectivity index (χ0) is 9.68. The van der Waals surface area contributed by atoms with Crippen LogP contribution in [0.5, 0.6) is 5.75 Å². The van der Waals surface area contributed by atoms with E-state index in [1.54, 1.807) is 0 Å². The molecule has 0 bridgehead atoms. The average Bonchev–Trinajstić information content (AvgIpc) is 2.16. The van der Waals surface area contributed by atoms with Crippen LogP contribution in [0.1, 0.15) is 13.3 Å². The van der Waals surface area contributed by atoms with Crippen molar-refractivity contribution in [3.63, 3.8) is 0 Å². The molecule has 1 unspecified atom stereocenters. The Morgan fingerprint density at radius 3 is 2.54 bits per heavy atom. The minimum Gasteiger partial charge on any atom is -0.492 e. The van der Waals surface area contributed by atoms with Gasteiger partial charge in [-0.05, 0) is 30.7 Å². The number of hydrogen-bond donors (Lipinski definition) is 1. The maximum atomic E-state index is 5.72. The standard InChI is InChI=1S/C10H14BrNO/c1-2-9(12)7-13-10-5-3-8(11)4-6-10/h3-6,9H,2,7,12H2,1H3. The minimum absolute atomic E-state index is 0.128. The first-order valence-electron chi connectivity index (χ1n) is 4.36. The molecule has 2 N–H and O–H groups in total. The van der Waals surface area contributed by atoms with E-state index >= 15 is 0 Å². The zero-order valence-corrected chi connectivity index (χ0v) is 9.25. The lowest BCUT2D eigenvalue weighted by Crippen LogP contribution is -2.26. The Balaban J connectivity index is 2.41. The van der Waals surface area contributed by atoms with E-state index in [0.717, 1.165) is 16.6 Å². The van der Waals surface area contributed by atoms with Gasteiger partial charge in [0.05, 0.1) is 0 Å². The van der Waals surface area contributed by atoms with E-state index in [-0.39, 0.29) is 6.04 Å². The highest BCUT2D eigenvalue weighted by molar-refractivity contribution is 9.10. The van der Waals surface area contributed by atoms with Gasteiger partial charge in [0.2, 0.25) is 0 Å². The molecule has 0 fully saturated rings. The molecular weight excluding hydrogens is 230 g/mol. The van der Waals surface area contributed by atoms with Crippen LogP contribution in [-0.4, -0.2) is 12.6 Å². The zero-order valence-electron chi connectivity index (χ0n) is 7.66. The monoisotopic (exact) mass is 243 g/mol. The Bertz CT molecular complexity index is 248. The van der Waals surface area contributed by atoms with E-state index in [2.05, 4.69) is 22.9 Å². The van der Waals surface area contributed by atoms with Crippen molar-refractivity contribution in [2.75, 3.05) is 6.61 Å². The summed E-state index contributed by atoms with van der Waals surface area (Å²) in [7, 11) is 0. The van der Waals surface area contributed by atoms with Crippen molar-refractivity contribution >= 4 is 15.9 Å². The molecule has 3 heteroatoms. The molecule has 0 heterocycles. The summed E-state index contributed by atoms with van der Waals surface area (Å²) in [4.78, 5) is 0. The van der Waals surface area contributed by atoms with Gasteiger partial charge in [-0.25, -0.2) is 0 Å². The quantitative estimate of drug-likeness (QED) is 0.883. The predicted octanol–water partition coefficient (Wildman–Crippen LogP) is 2.57. The van der Waals surface area contributed by atoms with Gasteiger partial charge >= 0.3 is 0 Å². The summed E-state index contributed by atoms with van der Waals surface area (Å²) in [5.41, 5.74) is 5.72. The maximum Gasteiger partial charge on any atom is 0.119 e. The van der Waals surface area contributed by atoms with Crippen molar-refractivity contribution in [1.82, 2.24) is 0 Å². The van der Waals surface area contributed by atoms with Gasteiger partial charge < -0.3 is 10.5 Å². The van der Waals surface area contributed by atoms with Gasteiger partial charge in [-0.15, -0.1) is 0 Å². The molecule has 1 rings (SSSR count). The molecule has 1 aromatic rings. The van der Waals surface area contributed by atoms with Crippen molar-refractivity contribution in [2.45, 2.75) is 19.4 Å². The lowest BCUT2D eigenvalue weighted by Gasteiger charge is -2.10. The highest BCUT2D eigenvalue weighted by atomic mass is 79.9. The van der Waals surface area contributed by atoms with Crippen LogP contribution >= 0.6 is 15.9 Å². The summed E-state index contributed by atoms with van der Waals surface area (Å²) in [5.74, 6) is 0.868.